The summed E-state index contributed by atoms with van der Waals surface area (Å²) in [4.78, 5) is 24.1. The third kappa shape index (κ3) is 2.94. The van der Waals surface area contributed by atoms with Crippen molar-refractivity contribution in [2.24, 2.45) is 0 Å². The van der Waals surface area contributed by atoms with Crippen LogP contribution in [0.25, 0.3) is 11.3 Å². The number of esters is 1. The minimum atomic E-state index is -0.756. The van der Waals surface area contributed by atoms with Crippen molar-refractivity contribution >= 4 is 5.97 Å². The molecular formula is C18H14O6. The fourth-order valence-electron chi connectivity index (χ4n) is 2.39. The van der Waals surface area contributed by atoms with Crippen LogP contribution in [0.2, 0.25) is 0 Å². The van der Waals surface area contributed by atoms with E-state index in [0.717, 1.165) is 0 Å². The molecule has 6 nitrogen and oxygen atoms in total. The maximum atomic E-state index is 12.4. The number of carbonyl (C=O) groups excluding carboxylic acids is 1. The second kappa shape index (κ2) is 6.45. The van der Waals surface area contributed by atoms with Gasteiger partial charge >= 0.3 is 11.6 Å². The maximum Gasteiger partial charge on any atom is 0.374 e. The predicted molar refractivity (Wildman–Crippen MR) is 84.9 cm³/mol. The molecule has 0 fully saturated rings. The molecule has 0 radical (unpaired) electrons. The van der Waals surface area contributed by atoms with Gasteiger partial charge in [0.05, 0.1) is 18.9 Å². The Bertz CT molecular complexity index is 921. The van der Waals surface area contributed by atoms with Gasteiger partial charge in [-0.05, 0) is 23.8 Å². The quantitative estimate of drug-likeness (QED) is 0.741. The summed E-state index contributed by atoms with van der Waals surface area (Å²) >= 11 is 0. The fraction of sp³-hybridized carbons (Fsp3) is 0.111. The lowest BCUT2D eigenvalue weighted by Gasteiger charge is -2.09. The smallest absolute Gasteiger partial charge is 0.374 e. The summed E-state index contributed by atoms with van der Waals surface area (Å²) in [5.41, 5.74) is 0.565. The van der Waals surface area contributed by atoms with Gasteiger partial charge in [-0.25, -0.2) is 9.59 Å². The van der Waals surface area contributed by atoms with E-state index in [2.05, 4.69) is 4.74 Å². The third-order valence-corrected chi connectivity index (χ3v) is 3.58. The number of aromatic hydroxyl groups is 1. The molecule has 3 rings (SSSR count). The Balaban J connectivity index is 2.16. The molecule has 3 aromatic rings. The first-order valence-corrected chi connectivity index (χ1v) is 7.16. The van der Waals surface area contributed by atoms with Crippen molar-refractivity contribution in [3.8, 4) is 17.1 Å². The fourth-order valence-corrected chi connectivity index (χ4v) is 2.39. The Hall–Kier alpha value is -3.28. The molecule has 6 heteroatoms. The van der Waals surface area contributed by atoms with E-state index in [1.165, 1.54) is 25.5 Å². The van der Waals surface area contributed by atoms with Gasteiger partial charge in [0.1, 0.15) is 11.5 Å². The number of phenols is 1. The van der Waals surface area contributed by atoms with E-state index in [0.29, 0.717) is 16.9 Å². The van der Waals surface area contributed by atoms with Crippen LogP contribution in [0.1, 0.15) is 21.7 Å². The molecule has 0 aliphatic rings. The summed E-state index contributed by atoms with van der Waals surface area (Å²) < 4.78 is 15.0. The molecule has 24 heavy (non-hydrogen) atoms. The summed E-state index contributed by atoms with van der Waals surface area (Å²) in [7, 11) is 1.20. The highest BCUT2D eigenvalue weighted by Crippen LogP contribution is 2.27. The van der Waals surface area contributed by atoms with Crippen molar-refractivity contribution < 1.29 is 23.5 Å². The molecular weight excluding hydrogens is 312 g/mol. The largest absolute Gasteiger partial charge is 0.508 e. The van der Waals surface area contributed by atoms with E-state index < -0.39 is 11.6 Å². The number of hydrogen-bond acceptors (Lipinski definition) is 6. The number of ether oxygens (including phenoxy) is 1. The summed E-state index contributed by atoms with van der Waals surface area (Å²) in [6.07, 6.45) is 1.60. The molecule has 1 N–H and O–H groups in total. The van der Waals surface area contributed by atoms with Gasteiger partial charge in [-0.3, -0.25) is 0 Å². The Morgan fingerprint density at radius 3 is 2.67 bits per heavy atom. The highest BCUT2D eigenvalue weighted by atomic mass is 16.5. The number of rotatable bonds is 4. The van der Waals surface area contributed by atoms with Crippen molar-refractivity contribution in [1.82, 2.24) is 0 Å². The highest BCUT2D eigenvalue weighted by Gasteiger charge is 2.20. The van der Waals surface area contributed by atoms with Crippen LogP contribution < -0.4 is 5.63 Å². The lowest BCUT2D eigenvalue weighted by molar-refractivity contribution is 0.0559. The van der Waals surface area contributed by atoms with Crippen LogP contribution in [0.15, 0.2) is 62.4 Å². The first-order valence-electron chi connectivity index (χ1n) is 7.16. The minimum Gasteiger partial charge on any atom is -0.508 e. The molecule has 0 spiro atoms. The van der Waals surface area contributed by atoms with Gasteiger partial charge in [0, 0.05) is 18.1 Å². The number of benzene rings is 1. The number of carbonyl (C=O) groups is 1. The molecule has 0 aliphatic heterocycles. The van der Waals surface area contributed by atoms with Crippen LogP contribution in [0.3, 0.4) is 0 Å². The minimum absolute atomic E-state index is 0.0688. The highest BCUT2D eigenvalue weighted by molar-refractivity contribution is 5.87. The van der Waals surface area contributed by atoms with Gasteiger partial charge in [-0.15, -0.1) is 0 Å². The molecule has 0 atom stereocenters. The van der Waals surface area contributed by atoms with Gasteiger partial charge in [-0.2, -0.15) is 0 Å². The summed E-state index contributed by atoms with van der Waals surface area (Å²) in [5, 5.41) is 9.93. The van der Waals surface area contributed by atoms with Gasteiger partial charge in [0.2, 0.25) is 5.76 Å². The van der Waals surface area contributed by atoms with Crippen LogP contribution in [0.4, 0.5) is 0 Å². The first kappa shape index (κ1) is 15.6. The normalized spacial score (nSPS) is 10.5. The number of hydrogen-bond donors (Lipinski definition) is 1. The molecule has 2 aromatic heterocycles. The second-order valence-corrected chi connectivity index (χ2v) is 5.06. The van der Waals surface area contributed by atoms with Crippen molar-refractivity contribution in [1.29, 1.82) is 0 Å². The lowest BCUT2D eigenvalue weighted by atomic mass is 9.99. The van der Waals surface area contributed by atoms with Crippen LogP contribution in [0, 0.1) is 0 Å². The second-order valence-electron chi connectivity index (χ2n) is 5.06. The van der Waals surface area contributed by atoms with Crippen molar-refractivity contribution in [3.05, 3.63) is 76.0 Å². The number of phenolic OH excluding ortho intramolecular Hbond substituents is 1. The van der Waals surface area contributed by atoms with Crippen LogP contribution in [0.5, 0.6) is 5.75 Å². The third-order valence-electron chi connectivity index (χ3n) is 3.58. The molecule has 1 aromatic carbocycles. The predicted octanol–water partition coefficient (Wildman–Crippen LogP) is 2.98. The zero-order chi connectivity index (χ0) is 17.1. The lowest BCUT2D eigenvalue weighted by Crippen LogP contribution is -2.14. The van der Waals surface area contributed by atoms with E-state index >= 15 is 0 Å². The molecule has 0 amide bonds. The number of para-hydroxylation sites is 1. The number of furan rings is 1. The molecule has 0 saturated heterocycles. The SMILES string of the molecule is COC(=O)c1cc(-c2ccco2)c(Cc2ccccc2O)c(=O)o1. The zero-order valence-electron chi connectivity index (χ0n) is 12.8. The van der Waals surface area contributed by atoms with Crippen LogP contribution in [-0.2, 0) is 11.2 Å². The molecule has 0 saturated carbocycles. The zero-order valence-corrected chi connectivity index (χ0v) is 12.8. The molecule has 2 heterocycles. The van der Waals surface area contributed by atoms with Crippen molar-refractivity contribution in [2.45, 2.75) is 6.42 Å². The maximum absolute atomic E-state index is 12.4. The average molecular weight is 326 g/mol. The Labute approximate surface area is 136 Å². The van der Waals surface area contributed by atoms with E-state index in [9.17, 15) is 14.7 Å². The van der Waals surface area contributed by atoms with E-state index in [1.807, 2.05) is 0 Å². The van der Waals surface area contributed by atoms with Gasteiger partial charge in [-0.1, -0.05) is 18.2 Å². The van der Waals surface area contributed by atoms with Crippen LogP contribution >= 0.6 is 0 Å². The van der Waals surface area contributed by atoms with E-state index in [4.69, 9.17) is 8.83 Å². The van der Waals surface area contributed by atoms with Gasteiger partial charge < -0.3 is 18.7 Å². The van der Waals surface area contributed by atoms with Gasteiger partial charge in [0.25, 0.3) is 0 Å². The topological polar surface area (TPSA) is 89.9 Å². The summed E-state index contributed by atoms with van der Waals surface area (Å²) in [6, 6.07) is 11.4. The van der Waals surface area contributed by atoms with Crippen molar-refractivity contribution in [2.75, 3.05) is 7.11 Å². The Morgan fingerprint density at radius 1 is 1.21 bits per heavy atom. The van der Waals surface area contributed by atoms with Gasteiger partial charge in [0.15, 0.2) is 0 Å². The summed E-state index contributed by atoms with van der Waals surface area (Å²) in [5.74, 6) is -0.484. The molecule has 0 aliphatic carbocycles. The Morgan fingerprint density at radius 2 is 2.00 bits per heavy atom. The van der Waals surface area contributed by atoms with Crippen molar-refractivity contribution in [3.63, 3.8) is 0 Å². The molecule has 0 unspecified atom stereocenters. The standard InChI is InChI=1S/C18H14O6/c1-22-18(21)16-10-12(15-7-4-8-23-15)13(17(20)24-16)9-11-5-2-3-6-14(11)19/h2-8,10,19H,9H2,1H3. The molecule has 122 valence electrons. The van der Waals surface area contributed by atoms with Crippen LogP contribution in [-0.4, -0.2) is 18.2 Å². The summed E-state index contributed by atoms with van der Waals surface area (Å²) in [6.45, 7) is 0. The first-order chi connectivity index (χ1) is 11.6. The van der Waals surface area contributed by atoms with E-state index in [-0.39, 0.29) is 23.5 Å². The monoisotopic (exact) mass is 326 g/mol. The van der Waals surface area contributed by atoms with E-state index in [1.54, 1.807) is 30.3 Å². The average Bonchev–Trinajstić information content (AvgIpc) is 3.11. The number of methoxy groups -OCH3 is 1. The molecule has 0 bridgehead atoms. The Kier molecular flexibility index (Phi) is 4.20.